The summed E-state index contributed by atoms with van der Waals surface area (Å²) in [5, 5.41) is 10.9. The fraction of sp³-hybridized carbons (Fsp3) is 0.294. The molecule has 0 N–H and O–H groups in total. The number of hydrogen-bond donors (Lipinski definition) is 0. The van der Waals surface area contributed by atoms with Crippen LogP contribution in [0.3, 0.4) is 0 Å². The summed E-state index contributed by atoms with van der Waals surface area (Å²) >= 11 is 1.67. The van der Waals surface area contributed by atoms with Crippen LogP contribution in [0.25, 0.3) is 44.3 Å². The van der Waals surface area contributed by atoms with Crippen molar-refractivity contribution in [3.8, 4) is 39.2 Å². The molecule has 0 aliphatic carbocycles. The number of likely N-dealkylation sites (tertiary alicyclic amines) is 1. The largest absolute Gasteiger partial charge is 0.435 e. The van der Waals surface area contributed by atoms with E-state index in [1.54, 1.807) is 16.2 Å². The third-order valence-electron chi connectivity index (χ3n) is 8.63. The number of amides is 1. The van der Waals surface area contributed by atoms with Gasteiger partial charge in [0.15, 0.2) is 5.58 Å². The maximum absolute atomic E-state index is 11.2. The van der Waals surface area contributed by atoms with E-state index < -0.39 is 0 Å². The van der Waals surface area contributed by atoms with Crippen molar-refractivity contribution in [3.63, 3.8) is 0 Å². The lowest BCUT2D eigenvalue weighted by Gasteiger charge is -2.15. The average Bonchev–Trinajstić information content (AvgIpc) is 3.76. The molecule has 5 aromatic rings. The minimum absolute atomic E-state index is 0.525. The lowest BCUT2D eigenvalue weighted by atomic mass is 9.91. The monoisotopic (exact) mass is 573 g/mol. The summed E-state index contributed by atoms with van der Waals surface area (Å²) in [6, 6.07) is 18.9. The summed E-state index contributed by atoms with van der Waals surface area (Å²) in [4.78, 5) is 26.3. The van der Waals surface area contributed by atoms with E-state index in [0.29, 0.717) is 36.0 Å². The SMILES string of the molecule is Cc1c(-c2nc3cc(CN4CCC(C)C4)cc(C#N)c3o2)cccc1-c1cccc(-c2nc3c(s2)CN(C=O)C3)c1C. The number of nitriles is 1. The second kappa shape index (κ2) is 10.5. The van der Waals surface area contributed by atoms with Gasteiger partial charge in [-0.05, 0) is 78.7 Å². The fourth-order valence-corrected chi connectivity index (χ4v) is 7.56. The first-order valence-electron chi connectivity index (χ1n) is 14.4. The maximum Gasteiger partial charge on any atom is 0.227 e. The Hall–Kier alpha value is -4.32. The normalized spacial score (nSPS) is 16.7. The van der Waals surface area contributed by atoms with Gasteiger partial charge in [0, 0.05) is 29.1 Å². The standard InChI is InChI=1S/C34H31N5O2S/c1-20-10-11-38(15-20)16-23-12-24(14-35)32-29(13-23)36-33(41-32)27-8-4-6-25(21(27)2)26-7-5-9-28(22(26)3)34-37-30-17-39(19-40)18-31(30)42-34/h4-9,12-13,19-20H,10-11,15-18H2,1-3H3. The Balaban J connectivity index is 1.24. The molecule has 4 heterocycles. The molecule has 2 aliphatic rings. The van der Waals surface area contributed by atoms with Gasteiger partial charge in [0.2, 0.25) is 12.3 Å². The third kappa shape index (κ3) is 4.59. The van der Waals surface area contributed by atoms with Crippen LogP contribution >= 0.6 is 11.3 Å². The van der Waals surface area contributed by atoms with Gasteiger partial charge < -0.3 is 9.32 Å². The molecule has 1 unspecified atom stereocenters. The zero-order valence-corrected chi connectivity index (χ0v) is 24.8. The zero-order chi connectivity index (χ0) is 29.0. The summed E-state index contributed by atoms with van der Waals surface area (Å²) in [5.41, 5.74) is 10.4. The highest BCUT2D eigenvalue weighted by atomic mass is 32.1. The number of rotatable bonds is 6. The van der Waals surface area contributed by atoms with Gasteiger partial charge in [0.25, 0.3) is 0 Å². The van der Waals surface area contributed by atoms with E-state index in [4.69, 9.17) is 14.4 Å². The van der Waals surface area contributed by atoms with Crippen molar-refractivity contribution >= 4 is 28.8 Å². The van der Waals surface area contributed by atoms with E-state index in [2.05, 4.69) is 62.1 Å². The average molecular weight is 574 g/mol. The van der Waals surface area contributed by atoms with Gasteiger partial charge >= 0.3 is 0 Å². The second-order valence-electron chi connectivity index (χ2n) is 11.6. The molecule has 0 spiro atoms. The first-order valence-corrected chi connectivity index (χ1v) is 15.2. The molecule has 42 heavy (non-hydrogen) atoms. The molecule has 0 saturated carbocycles. The molecule has 1 fully saturated rings. The number of hydrogen-bond acceptors (Lipinski definition) is 7. The summed E-state index contributed by atoms with van der Waals surface area (Å²) < 4.78 is 6.28. The minimum Gasteiger partial charge on any atom is -0.435 e. The van der Waals surface area contributed by atoms with Crippen LogP contribution < -0.4 is 0 Å². The van der Waals surface area contributed by atoms with Gasteiger partial charge in [-0.3, -0.25) is 9.69 Å². The van der Waals surface area contributed by atoms with Crippen molar-refractivity contribution in [2.75, 3.05) is 13.1 Å². The number of nitrogens with zero attached hydrogens (tertiary/aromatic N) is 5. The number of carbonyl (C=O) groups excluding carboxylic acids is 1. The van der Waals surface area contributed by atoms with Crippen LogP contribution in [-0.4, -0.2) is 39.3 Å². The van der Waals surface area contributed by atoms with Gasteiger partial charge in [-0.2, -0.15) is 5.26 Å². The van der Waals surface area contributed by atoms with Gasteiger partial charge in [-0.25, -0.2) is 9.97 Å². The zero-order valence-electron chi connectivity index (χ0n) is 24.0. The van der Waals surface area contributed by atoms with Crippen molar-refractivity contribution in [1.29, 1.82) is 5.26 Å². The molecule has 0 bridgehead atoms. The van der Waals surface area contributed by atoms with Crippen LogP contribution in [0.15, 0.2) is 52.9 Å². The number of oxazole rings is 1. The van der Waals surface area contributed by atoms with E-state index in [-0.39, 0.29) is 0 Å². The van der Waals surface area contributed by atoms with E-state index >= 15 is 0 Å². The molecular formula is C34H31N5O2S. The number of carbonyl (C=O) groups is 1. The fourth-order valence-electron chi connectivity index (χ4n) is 6.38. The maximum atomic E-state index is 11.2. The summed E-state index contributed by atoms with van der Waals surface area (Å²) in [7, 11) is 0. The Morgan fingerprint density at radius 3 is 2.48 bits per heavy atom. The Bertz CT molecular complexity index is 1870. The number of thiazole rings is 1. The molecule has 2 aliphatic heterocycles. The molecule has 1 amide bonds. The Labute approximate surface area is 249 Å². The van der Waals surface area contributed by atoms with Crippen molar-refractivity contribution in [2.24, 2.45) is 5.92 Å². The van der Waals surface area contributed by atoms with Crippen molar-refractivity contribution in [1.82, 2.24) is 19.8 Å². The quantitative estimate of drug-likeness (QED) is 0.202. The first kappa shape index (κ1) is 26.6. The highest BCUT2D eigenvalue weighted by Gasteiger charge is 2.25. The van der Waals surface area contributed by atoms with Gasteiger partial charge in [-0.1, -0.05) is 37.3 Å². The van der Waals surface area contributed by atoms with Crippen LogP contribution in [0.1, 0.15) is 46.2 Å². The number of aromatic nitrogens is 2. The van der Waals surface area contributed by atoms with Gasteiger partial charge in [-0.15, -0.1) is 11.3 Å². The summed E-state index contributed by atoms with van der Waals surface area (Å²) in [6.07, 6.45) is 2.10. The molecule has 7 rings (SSSR count). The number of fused-ring (bicyclic) bond motifs is 2. The van der Waals surface area contributed by atoms with Crippen LogP contribution in [0.5, 0.6) is 0 Å². The van der Waals surface area contributed by atoms with Gasteiger partial charge in [0.05, 0.1) is 24.3 Å². The van der Waals surface area contributed by atoms with Crippen LogP contribution in [-0.2, 0) is 24.4 Å². The summed E-state index contributed by atoms with van der Waals surface area (Å²) in [5.74, 6) is 1.23. The predicted octanol–water partition coefficient (Wildman–Crippen LogP) is 7.09. The highest BCUT2D eigenvalue weighted by molar-refractivity contribution is 7.15. The topological polar surface area (TPSA) is 86.3 Å². The van der Waals surface area contributed by atoms with E-state index in [1.807, 2.05) is 18.2 Å². The summed E-state index contributed by atoms with van der Waals surface area (Å²) in [6.45, 7) is 10.7. The molecule has 3 aromatic carbocycles. The van der Waals surface area contributed by atoms with E-state index in [9.17, 15) is 10.1 Å². The van der Waals surface area contributed by atoms with Crippen LogP contribution in [0.2, 0.25) is 0 Å². The molecule has 1 atom stereocenters. The second-order valence-corrected chi connectivity index (χ2v) is 12.7. The van der Waals surface area contributed by atoms with Gasteiger partial charge in [0.1, 0.15) is 16.6 Å². The molecule has 2 aromatic heterocycles. The minimum atomic E-state index is 0.525. The van der Waals surface area contributed by atoms with E-state index in [0.717, 1.165) is 86.1 Å². The van der Waals surface area contributed by atoms with Crippen LogP contribution in [0, 0.1) is 31.1 Å². The lowest BCUT2D eigenvalue weighted by Crippen LogP contribution is -2.19. The molecule has 1 saturated heterocycles. The molecule has 210 valence electrons. The molecule has 7 nitrogen and oxygen atoms in total. The molecule has 0 radical (unpaired) electrons. The van der Waals surface area contributed by atoms with Crippen molar-refractivity contribution < 1.29 is 9.21 Å². The van der Waals surface area contributed by atoms with E-state index in [1.165, 1.54) is 6.42 Å². The first-order chi connectivity index (χ1) is 20.4. The predicted molar refractivity (Wildman–Crippen MR) is 165 cm³/mol. The van der Waals surface area contributed by atoms with Crippen LogP contribution in [0.4, 0.5) is 0 Å². The Morgan fingerprint density at radius 1 is 1.05 bits per heavy atom. The Morgan fingerprint density at radius 2 is 1.79 bits per heavy atom. The number of benzene rings is 3. The van der Waals surface area contributed by atoms with Crippen molar-refractivity contribution in [2.45, 2.75) is 46.8 Å². The molecule has 8 heteroatoms. The highest BCUT2D eigenvalue weighted by Crippen LogP contribution is 2.40. The smallest absolute Gasteiger partial charge is 0.227 e. The van der Waals surface area contributed by atoms with Crippen molar-refractivity contribution in [3.05, 3.63) is 81.4 Å². The lowest BCUT2D eigenvalue weighted by molar-refractivity contribution is -0.118. The Kier molecular flexibility index (Phi) is 6.64. The molecular weight excluding hydrogens is 542 g/mol. The third-order valence-corrected chi connectivity index (χ3v) is 9.75.